The molecule has 18 heavy (non-hydrogen) atoms. The van der Waals surface area contributed by atoms with Gasteiger partial charge in [-0.05, 0) is 19.3 Å². The monoisotopic (exact) mass is 269 g/mol. The van der Waals surface area contributed by atoms with E-state index in [1.54, 1.807) is 0 Å². The Morgan fingerprint density at radius 1 is 1.06 bits per heavy atom. The standard InChI is InChI=1S/C12H22F3NO2/c1-2-3-4-5-8-16(9-6-7-10-17)11(18)12(13,14)15/h17H,2-10H2,1H3. The summed E-state index contributed by atoms with van der Waals surface area (Å²) in [6.07, 6.45) is -0.609. The summed E-state index contributed by atoms with van der Waals surface area (Å²) >= 11 is 0. The molecule has 0 aromatic heterocycles. The number of aliphatic hydroxyl groups is 1. The van der Waals surface area contributed by atoms with E-state index < -0.39 is 12.1 Å². The molecular formula is C12H22F3NO2. The molecular weight excluding hydrogens is 247 g/mol. The van der Waals surface area contributed by atoms with Crippen LogP contribution in [0.4, 0.5) is 13.2 Å². The fraction of sp³-hybridized carbons (Fsp3) is 0.917. The highest BCUT2D eigenvalue weighted by atomic mass is 19.4. The number of carbonyl (C=O) groups excluding carboxylic acids is 1. The molecule has 0 aliphatic carbocycles. The van der Waals surface area contributed by atoms with Gasteiger partial charge in [0.25, 0.3) is 0 Å². The summed E-state index contributed by atoms with van der Waals surface area (Å²) in [5, 5.41) is 8.60. The van der Waals surface area contributed by atoms with Gasteiger partial charge < -0.3 is 10.0 Å². The average Bonchev–Trinajstić information content (AvgIpc) is 2.30. The van der Waals surface area contributed by atoms with Crippen LogP contribution in [-0.2, 0) is 4.79 Å². The van der Waals surface area contributed by atoms with E-state index in [0.29, 0.717) is 19.3 Å². The first-order valence-corrected chi connectivity index (χ1v) is 6.40. The van der Waals surface area contributed by atoms with E-state index in [2.05, 4.69) is 0 Å². The van der Waals surface area contributed by atoms with Crippen molar-refractivity contribution in [1.82, 2.24) is 4.90 Å². The molecule has 1 amide bonds. The van der Waals surface area contributed by atoms with Crippen LogP contribution >= 0.6 is 0 Å². The van der Waals surface area contributed by atoms with Crippen LogP contribution < -0.4 is 0 Å². The third-order valence-corrected chi connectivity index (χ3v) is 2.65. The Labute approximate surface area is 106 Å². The third-order valence-electron chi connectivity index (χ3n) is 2.65. The summed E-state index contributed by atoms with van der Waals surface area (Å²) < 4.78 is 37.0. The van der Waals surface area contributed by atoms with E-state index in [4.69, 9.17) is 5.11 Å². The summed E-state index contributed by atoms with van der Waals surface area (Å²) in [7, 11) is 0. The van der Waals surface area contributed by atoms with E-state index in [1.807, 2.05) is 6.92 Å². The van der Waals surface area contributed by atoms with Gasteiger partial charge in [-0.25, -0.2) is 0 Å². The van der Waals surface area contributed by atoms with Gasteiger partial charge in [-0.1, -0.05) is 26.2 Å². The molecule has 3 nitrogen and oxygen atoms in total. The molecule has 0 heterocycles. The molecule has 0 saturated heterocycles. The maximum absolute atomic E-state index is 12.3. The Kier molecular flexibility index (Phi) is 8.79. The SMILES string of the molecule is CCCCCCN(CCCCO)C(=O)C(F)(F)F. The Morgan fingerprint density at radius 2 is 1.61 bits per heavy atom. The predicted octanol–water partition coefficient (Wildman–Crippen LogP) is 2.73. The van der Waals surface area contributed by atoms with Crippen molar-refractivity contribution in [2.24, 2.45) is 0 Å². The number of hydrogen-bond acceptors (Lipinski definition) is 2. The number of aliphatic hydroxyl groups excluding tert-OH is 1. The summed E-state index contributed by atoms with van der Waals surface area (Å²) in [6, 6.07) is 0. The fourth-order valence-corrected chi connectivity index (χ4v) is 1.64. The van der Waals surface area contributed by atoms with Gasteiger partial charge in [0, 0.05) is 19.7 Å². The number of halogens is 3. The lowest BCUT2D eigenvalue weighted by molar-refractivity contribution is -0.185. The van der Waals surface area contributed by atoms with Crippen LogP contribution in [0.15, 0.2) is 0 Å². The van der Waals surface area contributed by atoms with Crippen LogP contribution in [0.25, 0.3) is 0 Å². The first kappa shape index (κ1) is 17.2. The highest BCUT2D eigenvalue weighted by Gasteiger charge is 2.41. The maximum Gasteiger partial charge on any atom is 0.471 e. The van der Waals surface area contributed by atoms with Crippen LogP contribution in [0, 0.1) is 0 Å². The second kappa shape index (κ2) is 9.19. The molecule has 0 spiro atoms. The number of unbranched alkanes of at least 4 members (excludes halogenated alkanes) is 4. The molecule has 0 radical (unpaired) electrons. The quantitative estimate of drug-likeness (QED) is 0.654. The Balaban J connectivity index is 4.20. The average molecular weight is 269 g/mol. The minimum absolute atomic E-state index is 0.0605. The van der Waals surface area contributed by atoms with Crippen molar-refractivity contribution >= 4 is 5.91 Å². The molecule has 0 aliphatic heterocycles. The first-order chi connectivity index (χ1) is 8.43. The van der Waals surface area contributed by atoms with Crippen LogP contribution in [-0.4, -0.2) is 41.8 Å². The summed E-state index contributed by atoms with van der Waals surface area (Å²) in [5.41, 5.74) is 0. The third kappa shape index (κ3) is 7.53. The topological polar surface area (TPSA) is 40.5 Å². The van der Waals surface area contributed by atoms with Gasteiger partial charge in [-0.15, -0.1) is 0 Å². The van der Waals surface area contributed by atoms with Gasteiger partial charge in [0.2, 0.25) is 0 Å². The maximum atomic E-state index is 12.3. The van der Waals surface area contributed by atoms with Crippen LogP contribution in [0.1, 0.15) is 45.4 Å². The zero-order valence-corrected chi connectivity index (χ0v) is 10.8. The molecule has 0 aromatic rings. The number of hydrogen-bond donors (Lipinski definition) is 1. The lowest BCUT2D eigenvalue weighted by Gasteiger charge is -2.23. The van der Waals surface area contributed by atoms with E-state index >= 15 is 0 Å². The van der Waals surface area contributed by atoms with Crippen LogP contribution in [0.5, 0.6) is 0 Å². The molecule has 0 atom stereocenters. The van der Waals surface area contributed by atoms with Crippen molar-refractivity contribution in [3.05, 3.63) is 0 Å². The Morgan fingerprint density at radius 3 is 2.06 bits per heavy atom. The minimum atomic E-state index is -4.80. The highest BCUT2D eigenvalue weighted by molar-refractivity contribution is 5.81. The molecule has 1 N–H and O–H groups in total. The van der Waals surface area contributed by atoms with Gasteiger partial charge in [-0.3, -0.25) is 4.79 Å². The molecule has 0 rings (SSSR count). The second-order valence-electron chi connectivity index (χ2n) is 4.28. The lowest BCUT2D eigenvalue weighted by Crippen LogP contribution is -2.42. The second-order valence-corrected chi connectivity index (χ2v) is 4.28. The molecule has 0 aliphatic rings. The van der Waals surface area contributed by atoms with Crippen molar-refractivity contribution < 1.29 is 23.1 Å². The van der Waals surface area contributed by atoms with Crippen LogP contribution in [0.2, 0.25) is 0 Å². The highest BCUT2D eigenvalue weighted by Crippen LogP contribution is 2.19. The smallest absolute Gasteiger partial charge is 0.396 e. The van der Waals surface area contributed by atoms with Crippen molar-refractivity contribution in [3.63, 3.8) is 0 Å². The van der Waals surface area contributed by atoms with E-state index in [-0.39, 0.29) is 19.7 Å². The summed E-state index contributed by atoms with van der Waals surface area (Å²) in [4.78, 5) is 12.0. The summed E-state index contributed by atoms with van der Waals surface area (Å²) in [5.74, 6) is -1.77. The number of amides is 1. The molecule has 0 bridgehead atoms. The number of carbonyl (C=O) groups is 1. The van der Waals surface area contributed by atoms with E-state index in [9.17, 15) is 18.0 Å². The first-order valence-electron chi connectivity index (χ1n) is 6.40. The van der Waals surface area contributed by atoms with Gasteiger partial charge >= 0.3 is 12.1 Å². The molecule has 0 fully saturated rings. The zero-order chi connectivity index (χ0) is 14.0. The van der Waals surface area contributed by atoms with Crippen molar-refractivity contribution in [1.29, 1.82) is 0 Å². The number of nitrogens with zero attached hydrogens (tertiary/aromatic N) is 1. The van der Waals surface area contributed by atoms with Gasteiger partial charge in [0.05, 0.1) is 0 Å². The Bertz CT molecular complexity index is 232. The van der Waals surface area contributed by atoms with Crippen LogP contribution in [0.3, 0.4) is 0 Å². The Hall–Kier alpha value is -0.780. The molecule has 0 saturated carbocycles. The van der Waals surface area contributed by atoms with E-state index in [0.717, 1.165) is 24.2 Å². The van der Waals surface area contributed by atoms with Gasteiger partial charge in [-0.2, -0.15) is 13.2 Å². The van der Waals surface area contributed by atoms with Gasteiger partial charge in [0.1, 0.15) is 0 Å². The zero-order valence-electron chi connectivity index (χ0n) is 10.8. The number of rotatable bonds is 9. The summed E-state index contributed by atoms with van der Waals surface area (Å²) in [6.45, 7) is 2.15. The van der Waals surface area contributed by atoms with Crippen molar-refractivity contribution in [2.45, 2.75) is 51.6 Å². The van der Waals surface area contributed by atoms with Gasteiger partial charge in [0.15, 0.2) is 0 Å². The normalized spacial score (nSPS) is 11.6. The van der Waals surface area contributed by atoms with Crippen molar-refractivity contribution in [3.8, 4) is 0 Å². The lowest BCUT2D eigenvalue weighted by atomic mass is 10.2. The minimum Gasteiger partial charge on any atom is -0.396 e. The molecule has 0 unspecified atom stereocenters. The molecule has 108 valence electrons. The molecule has 6 heteroatoms. The van der Waals surface area contributed by atoms with Crippen molar-refractivity contribution in [2.75, 3.05) is 19.7 Å². The predicted molar refractivity (Wildman–Crippen MR) is 63.1 cm³/mol. The molecule has 0 aromatic carbocycles. The fourth-order valence-electron chi connectivity index (χ4n) is 1.64. The largest absolute Gasteiger partial charge is 0.471 e. The number of alkyl halides is 3. The van der Waals surface area contributed by atoms with E-state index in [1.165, 1.54) is 0 Å².